The van der Waals surface area contributed by atoms with E-state index in [1.807, 2.05) is 13.0 Å². The Labute approximate surface area is 97.8 Å². The van der Waals surface area contributed by atoms with Crippen LogP contribution in [0, 0.1) is 13.8 Å². The molecule has 0 amide bonds. The van der Waals surface area contributed by atoms with Gasteiger partial charge in [0.2, 0.25) is 0 Å². The number of nitrogens with zero attached hydrogens (tertiary/aromatic N) is 1. The molecule has 2 nitrogen and oxygen atoms in total. The smallest absolute Gasteiger partial charge is 0.191 e. The molecule has 1 aromatic carbocycles. The first-order valence-corrected chi connectivity index (χ1v) is 5.23. The Kier molecular flexibility index (Phi) is 2.72. The summed E-state index contributed by atoms with van der Waals surface area (Å²) in [6, 6.07) is 5.32. The molecule has 15 heavy (non-hydrogen) atoms. The van der Waals surface area contributed by atoms with Crippen molar-refractivity contribution in [3.8, 4) is 11.3 Å². The standard InChI is InChI=1S/C11H9Cl2NO/c1-6-11(14-7(2)15-6)9-4-3-8(12)5-10(9)13/h3-5H,1-2H3. The summed E-state index contributed by atoms with van der Waals surface area (Å²) in [5.41, 5.74) is 1.62. The summed E-state index contributed by atoms with van der Waals surface area (Å²) in [6.45, 7) is 3.67. The zero-order valence-electron chi connectivity index (χ0n) is 8.34. The van der Waals surface area contributed by atoms with Gasteiger partial charge in [-0.2, -0.15) is 0 Å². The van der Waals surface area contributed by atoms with Crippen molar-refractivity contribution in [1.29, 1.82) is 0 Å². The van der Waals surface area contributed by atoms with Crippen molar-refractivity contribution in [2.45, 2.75) is 13.8 Å². The van der Waals surface area contributed by atoms with E-state index in [-0.39, 0.29) is 0 Å². The number of halogens is 2. The molecule has 0 unspecified atom stereocenters. The van der Waals surface area contributed by atoms with Gasteiger partial charge in [0.15, 0.2) is 5.89 Å². The molecule has 0 atom stereocenters. The Balaban J connectivity index is 2.59. The van der Waals surface area contributed by atoms with Crippen LogP contribution >= 0.6 is 23.2 Å². The van der Waals surface area contributed by atoms with E-state index in [0.29, 0.717) is 15.9 Å². The van der Waals surface area contributed by atoms with Crippen molar-refractivity contribution < 1.29 is 4.42 Å². The van der Waals surface area contributed by atoms with Gasteiger partial charge in [-0.15, -0.1) is 0 Å². The van der Waals surface area contributed by atoms with E-state index < -0.39 is 0 Å². The van der Waals surface area contributed by atoms with Crippen LogP contribution in [0.5, 0.6) is 0 Å². The topological polar surface area (TPSA) is 26.0 Å². The Bertz CT molecular complexity index is 505. The minimum Gasteiger partial charge on any atom is -0.446 e. The zero-order valence-corrected chi connectivity index (χ0v) is 9.86. The highest BCUT2D eigenvalue weighted by molar-refractivity contribution is 6.36. The van der Waals surface area contributed by atoms with Gasteiger partial charge >= 0.3 is 0 Å². The van der Waals surface area contributed by atoms with E-state index in [0.717, 1.165) is 17.0 Å². The maximum absolute atomic E-state index is 6.08. The monoisotopic (exact) mass is 241 g/mol. The molecule has 4 heteroatoms. The predicted octanol–water partition coefficient (Wildman–Crippen LogP) is 4.27. The third-order valence-corrected chi connectivity index (χ3v) is 2.64. The Morgan fingerprint density at radius 3 is 2.47 bits per heavy atom. The second-order valence-electron chi connectivity index (χ2n) is 3.26. The number of rotatable bonds is 1. The molecule has 0 aliphatic rings. The van der Waals surface area contributed by atoms with Crippen LogP contribution in [0.15, 0.2) is 22.6 Å². The van der Waals surface area contributed by atoms with Crippen molar-refractivity contribution >= 4 is 23.2 Å². The molecule has 0 bridgehead atoms. The molecule has 1 heterocycles. The minimum atomic E-state index is 0.582. The molecule has 0 saturated heterocycles. The van der Waals surface area contributed by atoms with Crippen molar-refractivity contribution in [1.82, 2.24) is 4.98 Å². The molecule has 0 fully saturated rings. The molecule has 0 aliphatic heterocycles. The highest BCUT2D eigenvalue weighted by Crippen LogP contribution is 2.31. The highest BCUT2D eigenvalue weighted by atomic mass is 35.5. The number of aryl methyl sites for hydroxylation is 2. The van der Waals surface area contributed by atoms with E-state index in [9.17, 15) is 0 Å². The molecule has 1 aromatic heterocycles. The average molecular weight is 242 g/mol. The summed E-state index contributed by atoms with van der Waals surface area (Å²) in [4.78, 5) is 4.28. The predicted molar refractivity (Wildman–Crippen MR) is 61.4 cm³/mol. The van der Waals surface area contributed by atoms with Crippen LogP contribution in [-0.4, -0.2) is 4.98 Å². The van der Waals surface area contributed by atoms with Gasteiger partial charge in [-0.05, 0) is 25.1 Å². The molecule has 0 saturated carbocycles. The number of hydrogen-bond donors (Lipinski definition) is 0. The van der Waals surface area contributed by atoms with Crippen LogP contribution in [0.1, 0.15) is 11.7 Å². The third kappa shape index (κ3) is 2.01. The lowest BCUT2D eigenvalue weighted by Gasteiger charge is -2.01. The van der Waals surface area contributed by atoms with Crippen LogP contribution in [0.25, 0.3) is 11.3 Å². The Morgan fingerprint density at radius 2 is 1.93 bits per heavy atom. The summed E-state index contributed by atoms with van der Waals surface area (Å²) in [6.07, 6.45) is 0. The molecule has 0 aliphatic carbocycles. The van der Waals surface area contributed by atoms with Crippen LogP contribution in [0.3, 0.4) is 0 Å². The third-order valence-electron chi connectivity index (χ3n) is 2.09. The maximum atomic E-state index is 6.08. The Morgan fingerprint density at radius 1 is 1.20 bits per heavy atom. The fourth-order valence-electron chi connectivity index (χ4n) is 1.46. The van der Waals surface area contributed by atoms with Gasteiger partial charge in [-0.1, -0.05) is 23.2 Å². The van der Waals surface area contributed by atoms with Gasteiger partial charge in [0, 0.05) is 17.5 Å². The van der Waals surface area contributed by atoms with Crippen molar-refractivity contribution in [3.63, 3.8) is 0 Å². The lowest BCUT2D eigenvalue weighted by atomic mass is 10.1. The average Bonchev–Trinajstić information content (AvgIpc) is 2.45. The summed E-state index contributed by atoms with van der Waals surface area (Å²) >= 11 is 11.9. The zero-order chi connectivity index (χ0) is 11.0. The summed E-state index contributed by atoms with van der Waals surface area (Å²) < 4.78 is 5.35. The molecule has 0 radical (unpaired) electrons. The fraction of sp³-hybridized carbons (Fsp3) is 0.182. The summed E-state index contributed by atoms with van der Waals surface area (Å²) in [5, 5.41) is 1.19. The van der Waals surface area contributed by atoms with Gasteiger partial charge in [0.05, 0.1) is 5.02 Å². The van der Waals surface area contributed by atoms with E-state index in [4.69, 9.17) is 27.6 Å². The molecule has 2 aromatic rings. The van der Waals surface area contributed by atoms with Crippen molar-refractivity contribution in [3.05, 3.63) is 39.9 Å². The van der Waals surface area contributed by atoms with Crippen LogP contribution in [0.2, 0.25) is 10.0 Å². The van der Waals surface area contributed by atoms with E-state index in [2.05, 4.69) is 4.98 Å². The molecular weight excluding hydrogens is 233 g/mol. The summed E-state index contributed by atoms with van der Waals surface area (Å²) in [5.74, 6) is 1.39. The van der Waals surface area contributed by atoms with Gasteiger partial charge in [0.25, 0.3) is 0 Å². The largest absolute Gasteiger partial charge is 0.446 e. The second kappa shape index (κ2) is 3.87. The molecule has 0 N–H and O–H groups in total. The first-order valence-electron chi connectivity index (χ1n) is 4.47. The quantitative estimate of drug-likeness (QED) is 0.746. The van der Waals surface area contributed by atoms with Crippen LogP contribution < -0.4 is 0 Å². The van der Waals surface area contributed by atoms with Gasteiger partial charge in [-0.3, -0.25) is 0 Å². The van der Waals surface area contributed by atoms with Gasteiger partial charge in [0.1, 0.15) is 11.5 Å². The number of oxazole rings is 1. The second-order valence-corrected chi connectivity index (χ2v) is 4.11. The fourth-order valence-corrected chi connectivity index (χ4v) is 1.96. The normalized spacial score (nSPS) is 10.7. The van der Waals surface area contributed by atoms with Crippen molar-refractivity contribution in [2.24, 2.45) is 0 Å². The molecule has 0 spiro atoms. The molecule has 2 rings (SSSR count). The highest BCUT2D eigenvalue weighted by Gasteiger charge is 2.12. The van der Waals surface area contributed by atoms with Crippen LogP contribution in [0.4, 0.5) is 0 Å². The molecule has 78 valence electrons. The number of hydrogen-bond acceptors (Lipinski definition) is 2. The van der Waals surface area contributed by atoms with Gasteiger partial charge in [-0.25, -0.2) is 4.98 Å². The lowest BCUT2D eigenvalue weighted by Crippen LogP contribution is -1.82. The SMILES string of the molecule is Cc1nc(-c2ccc(Cl)cc2Cl)c(C)o1. The van der Waals surface area contributed by atoms with E-state index in [1.54, 1.807) is 19.1 Å². The number of aromatic nitrogens is 1. The molecular formula is C11H9Cl2NO. The minimum absolute atomic E-state index is 0.582. The van der Waals surface area contributed by atoms with E-state index in [1.165, 1.54) is 0 Å². The maximum Gasteiger partial charge on any atom is 0.191 e. The summed E-state index contributed by atoms with van der Waals surface area (Å²) in [7, 11) is 0. The lowest BCUT2D eigenvalue weighted by molar-refractivity contribution is 0.495. The first-order chi connectivity index (χ1) is 7.08. The van der Waals surface area contributed by atoms with Gasteiger partial charge < -0.3 is 4.42 Å². The first kappa shape index (κ1) is 10.5. The Hall–Kier alpha value is -0.990. The van der Waals surface area contributed by atoms with Crippen molar-refractivity contribution in [2.75, 3.05) is 0 Å². The number of benzene rings is 1. The van der Waals surface area contributed by atoms with E-state index >= 15 is 0 Å². The van der Waals surface area contributed by atoms with Crippen LogP contribution in [-0.2, 0) is 0 Å².